The van der Waals surface area contributed by atoms with E-state index in [1.54, 1.807) is 12.1 Å². The molecule has 8 heteroatoms. The Hall–Kier alpha value is -1.48. The number of hydrogen-bond acceptors (Lipinski definition) is 6. The molecule has 2 atom stereocenters. The molecule has 2 heterocycles. The summed E-state index contributed by atoms with van der Waals surface area (Å²) < 4.78 is 6.22. The van der Waals surface area contributed by atoms with E-state index in [4.69, 9.17) is 4.74 Å². The molecule has 0 radical (unpaired) electrons. The molecular formula is C16H17BrN2O4S. The van der Waals surface area contributed by atoms with Crippen LogP contribution in [0.3, 0.4) is 0 Å². The van der Waals surface area contributed by atoms with Gasteiger partial charge in [0, 0.05) is 28.4 Å². The van der Waals surface area contributed by atoms with Crippen molar-refractivity contribution in [1.29, 1.82) is 0 Å². The summed E-state index contributed by atoms with van der Waals surface area (Å²) >= 11 is 4.79. The minimum Gasteiger partial charge on any atom is -0.387 e. The molecule has 0 amide bonds. The van der Waals surface area contributed by atoms with Gasteiger partial charge in [-0.25, -0.2) is 0 Å². The van der Waals surface area contributed by atoms with E-state index < -0.39 is 6.10 Å². The predicted octanol–water partition coefficient (Wildman–Crippen LogP) is 3.75. The molecule has 1 aliphatic rings. The smallest absolute Gasteiger partial charge is 0.293 e. The monoisotopic (exact) mass is 412 g/mol. The van der Waals surface area contributed by atoms with Gasteiger partial charge in [0.25, 0.3) is 5.69 Å². The SMILES string of the molecule is O=[N+]([O-])c1cc(Br)ccc1N1CCOCC1CC(O)c1cccs1. The van der Waals surface area contributed by atoms with Crippen LogP contribution in [0.25, 0.3) is 0 Å². The van der Waals surface area contributed by atoms with E-state index in [-0.39, 0.29) is 16.7 Å². The molecule has 128 valence electrons. The largest absolute Gasteiger partial charge is 0.387 e. The van der Waals surface area contributed by atoms with Crippen LogP contribution < -0.4 is 4.90 Å². The van der Waals surface area contributed by atoms with Crippen molar-refractivity contribution < 1.29 is 14.8 Å². The fourth-order valence-electron chi connectivity index (χ4n) is 2.91. The Bertz CT molecular complexity index is 710. The standard InChI is InChI=1S/C16H17BrN2O4S/c17-11-3-4-13(14(8-11)19(21)22)18-5-6-23-10-12(18)9-15(20)16-2-1-7-24-16/h1-4,7-8,12,15,20H,5-6,9-10H2. The molecule has 1 fully saturated rings. The first kappa shape index (κ1) is 17.3. The number of thiophene rings is 1. The van der Waals surface area contributed by atoms with E-state index in [0.29, 0.717) is 36.3 Å². The highest BCUT2D eigenvalue weighted by Gasteiger charge is 2.30. The maximum absolute atomic E-state index is 11.4. The average Bonchev–Trinajstić information content (AvgIpc) is 3.10. The van der Waals surface area contributed by atoms with Gasteiger partial charge in [0.1, 0.15) is 5.69 Å². The number of nitro benzene ring substituents is 1. The lowest BCUT2D eigenvalue weighted by atomic mass is 10.0. The van der Waals surface area contributed by atoms with Crippen molar-refractivity contribution in [3.05, 3.63) is 55.2 Å². The second kappa shape index (κ2) is 7.60. The number of nitrogens with zero attached hydrogens (tertiary/aromatic N) is 2. The highest BCUT2D eigenvalue weighted by Crippen LogP contribution is 2.35. The van der Waals surface area contributed by atoms with Crippen molar-refractivity contribution >= 4 is 38.6 Å². The van der Waals surface area contributed by atoms with Gasteiger partial charge >= 0.3 is 0 Å². The lowest BCUT2D eigenvalue weighted by Crippen LogP contribution is -2.46. The Morgan fingerprint density at radius 1 is 1.50 bits per heavy atom. The molecule has 0 aliphatic carbocycles. The number of nitro groups is 1. The van der Waals surface area contributed by atoms with E-state index >= 15 is 0 Å². The van der Waals surface area contributed by atoms with E-state index in [1.165, 1.54) is 17.4 Å². The van der Waals surface area contributed by atoms with Crippen LogP contribution in [0.4, 0.5) is 11.4 Å². The normalized spacial score (nSPS) is 19.2. The Kier molecular flexibility index (Phi) is 5.50. The van der Waals surface area contributed by atoms with Crippen molar-refractivity contribution in [2.24, 2.45) is 0 Å². The number of morpholine rings is 1. The fraction of sp³-hybridized carbons (Fsp3) is 0.375. The topological polar surface area (TPSA) is 75.8 Å². The molecule has 1 saturated heterocycles. The zero-order valence-corrected chi connectivity index (χ0v) is 15.2. The number of benzene rings is 1. The van der Waals surface area contributed by atoms with Crippen molar-refractivity contribution in [2.75, 3.05) is 24.7 Å². The second-order valence-electron chi connectivity index (χ2n) is 5.58. The van der Waals surface area contributed by atoms with Crippen LogP contribution in [-0.2, 0) is 4.74 Å². The molecule has 6 nitrogen and oxygen atoms in total. The zero-order chi connectivity index (χ0) is 17.1. The summed E-state index contributed by atoms with van der Waals surface area (Å²) in [5.74, 6) is 0. The maximum atomic E-state index is 11.4. The Balaban J connectivity index is 1.86. The molecule has 2 unspecified atom stereocenters. The molecule has 1 N–H and O–H groups in total. The lowest BCUT2D eigenvalue weighted by Gasteiger charge is -2.37. The maximum Gasteiger partial charge on any atom is 0.293 e. The first-order valence-corrected chi connectivity index (χ1v) is 9.23. The number of rotatable bonds is 5. The van der Waals surface area contributed by atoms with Crippen LogP contribution in [-0.4, -0.2) is 35.8 Å². The van der Waals surface area contributed by atoms with Crippen molar-refractivity contribution in [3.63, 3.8) is 0 Å². The van der Waals surface area contributed by atoms with Crippen molar-refractivity contribution in [2.45, 2.75) is 18.6 Å². The van der Waals surface area contributed by atoms with Crippen molar-refractivity contribution in [3.8, 4) is 0 Å². The fourth-order valence-corrected chi connectivity index (χ4v) is 3.98. The van der Waals surface area contributed by atoms with E-state index in [2.05, 4.69) is 15.9 Å². The van der Waals surface area contributed by atoms with E-state index in [0.717, 1.165) is 4.88 Å². The number of aliphatic hydroxyl groups is 1. The molecule has 1 aromatic carbocycles. The molecular weight excluding hydrogens is 396 g/mol. The molecule has 3 rings (SSSR count). The van der Waals surface area contributed by atoms with Crippen LogP contribution in [0, 0.1) is 10.1 Å². The summed E-state index contributed by atoms with van der Waals surface area (Å²) in [6.07, 6.45) is -0.137. The Labute approximate surface area is 152 Å². The molecule has 1 aromatic heterocycles. The van der Waals surface area contributed by atoms with Gasteiger partial charge in [-0.15, -0.1) is 11.3 Å². The Morgan fingerprint density at radius 2 is 2.33 bits per heavy atom. The third-order valence-electron chi connectivity index (χ3n) is 4.04. The quantitative estimate of drug-likeness (QED) is 0.597. The van der Waals surface area contributed by atoms with E-state index in [1.807, 2.05) is 22.4 Å². The Morgan fingerprint density at radius 3 is 3.04 bits per heavy atom. The van der Waals surface area contributed by atoms with E-state index in [9.17, 15) is 15.2 Å². The molecule has 0 spiro atoms. The zero-order valence-electron chi connectivity index (χ0n) is 12.8. The molecule has 1 aliphatic heterocycles. The summed E-state index contributed by atoms with van der Waals surface area (Å²) in [5.41, 5.74) is 0.622. The number of hydrogen-bond donors (Lipinski definition) is 1. The first-order chi connectivity index (χ1) is 11.6. The summed E-state index contributed by atoms with van der Waals surface area (Å²) in [7, 11) is 0. The molecule has 0 saturated carbocycles. The number of anilines is 1. The lowest BCUT2D eigenvalue weighted by molar-refractivity contribution is -0.384. The third-order valence-corrected chi connectivity index (χ3v) is 5.50. The highest BCUT2D eigenvalue weighted by atomic mass is 79.9. The van der Waals surface area contributed by atoms with Gasteiger partial charge < -0.3 is 14.7 Å². The van der Waals surface area contributed by atoms with Gasteiger partial charge in [0.05, 0.1) is 30.3 Å². The van der Waals surface area contributed by atoms with Crippen molar-refractivity contribution in [1.82, 2.24) is 0 Å². The minimum absolute atomic E-state index is 0.0573. The predicted molar refractivity (Wildman–Crippen MR) is 96.6 cm³/mol. The van der Waals surface area contributed by atoms with Gasteiger partial charge in [-0.1, -0.05) is 22.0 Å². The van der Waals surface area contributed by atoms with Crippen LogP contribution in [0.1, 0.15) is 17.4 Å². The number of halogens is 1. The van der Waals surface area contributed by atoms with Crippen LogP contribution in [0.5, 0.6) is 0 Å². The molecule has 2 aromatic rings. The molecule has 24 heavy (non-hydrogen) atoms. The summed E-state index contributed by atoms with van der Waals surface area (Å²) in [5, 5.41) is 23.8. The summed E-state index contributed by atoms with van der Waals surface area (Å²) in [6, 6.07) is 8.74. The van der Waals surface area contributed by atoms with Crippen LogP contribution >= 0.6 is 27.3 Å². The number of aliphatic hydroxyl groups excluding tert-OH is 1. The van der Waals surface area contributed by atoms with Gasteiger partial charge in [0.15, 0.2) is 0 Å². The minimum atomic E-state index is -0.603. The third kappa shape index (κ3) is 3.77. The number of ether oxygens (including phenoxy) is 1. The molecule has 0 bridgehead atoms. The van der Waals surface area contributed by atoms with Gasteiger partial charge in [0.2, 0.25) is 0 Å². The summed E-state index contributed by atoms with van der Waals surface area (Å²) in [4.78, 5) is 13.9. The summed E-state index contributed by atoms with van der Waals surface area (Å²) in [6.45, 7) is 1.51. The van der Waals surface area contributed by atoms with Gasteiger partial charge in [-0.2, -0.15) is 0 Å². The van der Waals surface area contributed by atoms with Gasteiger partial charge in [-0.3, -0.25) is 10.1 Å². The first-order valence-electron chi connectivity index (χ1n) is 7.56. The highest BCUT2D eigenvalue weighted by molar-refractivity contribution is 9.10. The van der Waals surface area contributed by atoms with Crippen LogP contribution in [0.2, 0.25) is 0 Å². The average molecular weight is 413 g/mol. The van der Waals surface area contributed by atoms with Gasteiger partial charge in [-0.05, 0) is 23.6 Å². The van der Waals surface area contributed by atoms with Crippen LogP contribution in [0.15, 0.2) is 40.2 Å². The second-order valence-corrected chi connectivity index (χ2v) is 7.47.